The van der Waals surface area contributed by atoms with Crippen molar-refractivity contribution in [2.45, 2.75) is 88.9 Å². The summed E-state index contributed by atoms with van der Waals surface area (Å²) in [6.07, 6.45) is 5.54. The van der Waals surface area contributed by atoms with E-state index in [0.717, 1.165) is 38.8 Å². The summed E-state index contributed by atoms with van der Waals surface area (Å²) >= 11 is 0. The standard InChI is InChI=1S/C24H34N2O3/c1-23(2,3)29-22(27)16-24(28)12-8-21(9-13-24)26-14-10-20(11-15-26)19-6-4-18(17-25)5-7-19/h4-7,20-21,28H,8-16H2,1-3H3/t21-,24-. The Morgan fingerprint density at radius 2 is 1.76 bits per heavy atom. The number of hydrogen-bond donors (Lipinski definition) is 1. The molecular formula is C24H34N2O3. The molecular weight excluding hydrogens is 364 g/mol. The fourth-order valence-corrected chi connectivity index (χ4v) is 4.76. The van der Waals surface area contributed by atoms with E-state index in [4.69, 9.17) is 10.00 Å². The van der Waals surface area contributed by atoms with Crippen molar-refractivity contribution in [1.29, 1.82) is 5.26 Å². The minimum absolute atomic E-state index is 0.0950. The molecule has 1 aromatic carbocycles. The predicted molar refractivity (Wildman–Crippen MR) is 112 cm³/mol. The Bertz CT molecular complexity index is 729. The highest BCUT2D eigenvalue weighted by Gasteiger charge is 2.38. The summed E-state index contributed by atoms with van der Waals surface area (Å²) < 4.78 is 5.39. The fourth-order valence-electron chi connectivity index (χ4n) is 4.76. The van der Waals surface area contributed by atoms with Crippen LogP contribution in [0.1, 0.15) is 82.8 Å². The highest BCUT2D eigenvalue weighted by Crippen LogP contribution is 2.36. The molecule has 2 fully saturated rings. The van der Waals surface area contributed by atoms with Crippen molar-refractivity contribution in [3.63, 3.8) is 0 Å². The molecule has 0 radical (unpaired) electrons. The topological polar surface area (TPSA) is 73.6 Å². The van der Waals surface area contributed by atoms with Crippen LogP contribution >= 0.6 is 0 Å². The second-order valence-electron chi connectivity index (χ2n) is 9.76. The number of esters is 1. The van der Waals surface area contributed by atoms with Crippen LogP contribution in [-0.2, 0) is 9.53 Å². The Labute approximate surface area is 174 Å². The molecule has 1 N–H and O–H groups in total. The lowest BCUT2D eigenvalue weighted by atomic mass is 9.78. The molecule has 1 aliphatic heterocycles. The summed E-state index contributed by atoms with van der Waals surface area (Å²) in [4.78, 5) is 14.7. The second kappa shape index (κ2) is 8.85. The number of nitriles is 1. The van der Waals surface area contributed by atoms with Crippen LogP contribution in [0.2, 0.25) is 0 Å². The van der Waals surface area contributed by atoms with Crippen LogP contribution in [-0.4, -0.2) is 46.3 Å². The maximum Gasteiger partial charge on any atom is 0.309 e. The molecule has 1 saturated carbocycles. The first-order valence-electron chi connectivity index (χ1n) is 10.9. The lowest BCUT2D eigenvalue weighted by molar-refractivity contribution is -0.162. The van der Waals surface area contributed by atoms with E-state index < -0.39 is 11.2 Å². The zero-order valence-corrected chi connectivity index (χ0v) is 18.0. The van der Waals surface area contributed by atoms with Gasteiger partial charge in [-0.15, -0.1) is 0 Å². The zero-order chi connectivity index (χ0) is 21.1. The van der Waals surface area contributed by atoms with Gasteiger partial charge in [-0.25, -0.2) is 0 Å². The molecule has 158 valence electrons. The van der Waals surface area contributed by atoms with E-state index in [2.05, 4.69) is 23.1 Å². The first-order valence-corrected chi connectivity index (χ1v) is 10.9. The van der Waals surface area contributed by atoms with Crippen molar-refractivity contribution >= 4 is 5.97 Å². The summed E-state index contributed by atoms with van der Waals surface area (Å²) in [6, 6.07) is 10.7. The maximum absolute atomic E-state index is 12.1. The van der Waals surface area contributed by atoms with Crippen molar-refractivity contribution in [2.75, 3.05) is 13.1 Å². The second-order valence-corrected chi connectivity index (χ2v) is 9.76. The van der Waals surface area contributed by atoms with Gasteiger partial charge in [0.25, 0.3) is 0 Å². The lowest BCUT2D eigenvalue weighted by Crippen LogP contribution is -2.47. The van der Waals surface area contributed by atoms with E-state index in [1.165, 1.54) is 5.56 Å². The quantitative estimate of drug-likeness (QED) is 0.772. The number of aliphatic hydroxyl groups is 1. The van der Waals surface area contributed by atoms with Gasteiger partial charge in [-0.05, 0) is 96.0 Å². The van der Waals surface area contributed by atoms with Gasteiger partial charge in [-0.2, -0.15) is 5.26 Å². The van der Waals surface area contributed by atoms with Gasteiger partial charge >= 0.3 is 5.97 Å². The molecule has 0 spiro atoms. The first kappa shape index (κ1) is 21.8. The van der Waals surface area contributed by atoms with Crippen molar-refractivity contribution in [3.05, 3.63) is 35.4 Å². The summed E-state index contributed by atoms with van der Waals surface area (Å²) in [5.41, 5.74) is 0.620. The van der Waals surface area contributed by atoms with Crippen molar-refractivity contribution in [3.8, 4) is 6.07 Å². The first-order chi connectivity index (χ1) is 13.7. The summed E-state index contributed by atoms with van der Waals surface area (Å²) in [5.74, 6) is 0.258. The van der Waals surface area contributed by atoms with Gasteiger partial charge in [0, 0.05) is 6.04 Å². The van der Waals surface area contributed by atoms with E-state index in [-0.39, 0.29) is 12.4 Å². The molecule has 0 bridgehead atoms. The number of hydrogen-bond acceptors (Lipinski definition) is 5. The molecule has 0 aromatic heterocycles. The number of piperidine rings is 1. The van der Waals surface area contributed by atoms with Crippen LogP contribution in [0.5, 0.6) is 0 Å². The smallest absolute Gasteiger partial charge is 0.309 e. The third kappa shape index (κ3) is 6.04. The van der Waals surface area contributed by atoms with Gasteiger partial charge in [0.05, 0.1) is 23.7 Å². The Morgan fingerprint density at radius 1 is 1.17 bits per heavy atom. The molecule has 3 rings (SSSR count). The normalized spacial score (nSPS) is 26.7. The third-order valence-corrected chi connectivity index (χ3v) is 6.34. The lowest BCUT2D eigenvalue weighted by Gasteiger charge is -2.43. The predicted octanol–water partition coefficient (Wildman–Crippen LogP) is 4.14. The van der Waals surface area contributed by atoms with Crippen LogP contribution in [0.3, 0.4) is 0 Å². The van der Waals surface area contributed by atoms with Crippen molar-refractivity contribution in [1.82, 2.24) is 4.90 Å². The minimum atomic E-state index is -0.917. The number of carbonyl (C=O) groups excluding carboxylic acids is 1. The Morgan fingerprint density at radius 3 is 2.28 bits per heavy atom. The monoisotopic (exact) mass is 398 g/mol. The van der Waals surface area contributed by atoms with E-state index in [1.807, 2.05) is 32.9 Å². The molecule has 2 aliphatic rings. The van der Waals surface area contributed by atoms with Gasteiger partial charge in [0.15, 0.2) is 0 Å². The molecule has 5 heteroatoms. The Balaban J connectivity index is 1.46. The summed E-state index contributed by atoms with van der Waals surface area (Å²) in [5, 5.41) is 19.8. The van der Waals surface area contributed by atoms with Crippen LogP contribution in [0.15, 0.2) is 24.3 Å². The summed E-state index contributed by atoms with van der Waals surface area (Å²) in [6.45, 7) is 7.70. The number of nitrogens with zero attached hydrogens (tertiary/aromatic N) is 2. The maximum atomic E-state index is 12.1. The van der Waals surface area contributed by atoms with Crippen molar-refractivity contribution in [2.24, 2.45) is 0 Å². The number of carbonyl (C=O) groups is 1. The highest BCUT2D eigenvalue weighted by molar-refractivity contribution is 5.71. The van der Waals surface area contributed by atoms with Crippen LogP contribution in [0.4, 0.5) is 0 Å². The Hall–Kier alpha value is -1.90. The zero-order valence-electron chi connectivity index (χ0n) is 18.0. The molecule has 29 heavy (non-hydrogen) atoms. The van der Waals surface area contributed by atoms with Gasteiger partial charge in [-0.3, -0.25) is 4.79 Å². The minimum Gasteiger partial charge on any atom is -0.460 e. The number of likely N-dealkylation sites (tertiary alicyclic amines) is 1. The molecule has 1 heterocycles. The van der Waals surface area contributed by atoms with E-state index in [1.54, 1.807) is 0 Å². The molecule has 1 saturated heterocycles. The average Bonchev–Trinajstić information content (AvgIpc) is 2.67. The van der Waals surface area contributed by atoms with Gasteiger partial charge < -0.3 is 14.7 Å². The number of ether oxygens (including phenoxy) is 1. The molecule has 0 unspecified atom stereocenters. The van der Waals surface area contributed by atoms with E-state index in [9.17, 15) is 9.90 Å². The van der Waals surface area contributed by atoms with Gasteiger partial charge in [-0.1, -0.05) is 12.1 Å². The summed E-state index contributed by atoms with van der Waals surface area (Å²) in [7, 11) is 0. The van der Waals surface area contributed by atoms with E-state index >= 15 is 0 Å². The van der Waals surface area contributed by atoms with Gasteiger partial charge in [0.1, 0.15) is 5.60 Å². The molecule has 1 aliphatic carbocycles. The molecule has 5 nitrogen and oxygen atoms in total. The van der Waals surface area contributed by atoms with E-state index in [0.29, 0.717) is 30.4 Å². The number of benzene rings is 1. The number of rotatable bonds is 4. The van der Waals surface area contributed by atoms with Crippen LogP contribution in [0.25, 0.3) is 0 Å². The molecule has 1 aromatic rings. The average molecular weight is 399 g/mol. The van der Waals surface area contributed by atoms with Crippen molar-refractivity contribution < 1.29 is 14.6 Å². The fraction of sp³-hybridized carbons (Fsp3) is 0.667. The Kier molecular flexibility index (Phi) is 6.65. The highest BCUT2D eigenvalue weighted by atomic mass is 16.6. The SMILES string of the molecule is CC(C)(C)OC(=O)C[C@]1(O)CC[C@H](N2CCC(c3ccc(C#N)cc3)CC2)CC1. The van der Waals surface area contributed by atoms with Crippen LogP contribution in [0, 0.1) is 11.3 Å². The van der Waals surface area contributed by atoms with Crippen LogP contribution < -0.4 is 0 Å². The molecule has 0 amide bonds. The largest absolute Gasteiger partial charge is 0.460 e. The molecule has 0 atom stereocenters. The van der Waals surface area contributed by atoms with Gasteiger partial charge in [0.2, 0.25) is 0 Å². The third-order valence-electron chi connectivity index (χ3n) is 6.34.